The molecule has 4 heteroatoms. The molecular weight excluding hydrogens is 206 g/mol. The van der Waals surface area contributed by atoms with E-state index in [0.29, 0.717) is 18.5 Å². The molecule has 0 saturated heterocycles. The van der Waals surface area contributed by atoms with Gasteiger partial charge in [0.15, 0.2) is 0 Å². The van der Waals surface area contributed by atoms with Crippen molar-refractivity contribution in [2.24, 2.45) is 0 Å². The molecule has 1 atom stereocenters. The van der Waals surface area contributed by atoms with Crippen LogP contribution >= 0.6 is 0 Å². The number of rotatable bonds is 6. The van der Waals surface area contributed by atoms with E-state index in [-0.39, 0.29) is 6.10 Å². The smallest absolute Gasteiger partial charge is 0.335 e. The van der Waals surface area contributed by atoms with Crippen LogP contribution < -0.4 is 5.32 Å². The first kappa shape index (κ1) is 12.7. The Morgan fingerprint density at radius 3 is 2.88 bits per heavy atom. The van der Waals surface area contributed by atoms with E-state index in [0.717, 1.165) is 12.1 Å². The van der Waals surface area contributed by atoms with Crippen LogP contribution in [0, 0.1) is 0 Å². The van der Waals surface area contributed by atoms with Crippen molar-refractivity contribution in [3.8, 4) is 0 Å². The van der Waals surface area contributed by atoms with Crippen molar-refractivity contribution in [3.05, 3.63) is 35.4 Å². The molecule has 88 valence electrons. The molecule has 16 heavy (non-hydrogen) atoms. The summed E-state index contributed by atoms with van der Waals surface area (Å²) in [4.78, 5) is 10.7. The molecule has 0 spiro atoms. The van der Waals surface area contributed by atoms with Crippen LogP contribution in [0.4, 0.5) is 0 Å². The highest BCUT2D eigenvalue weighted by molar-refractivity contribution is 5.87. The zero-order valence-electron chi connectivity index (χ0n) is 9.31. The summed E-state index contributed by atoms with van der Waals surface area (Å²) in [5.41, 5.74) is 1.24. The Balaban J connectivity index is 2.42. The second-order valence-electron chi connectivity index (χ2n) is 3.82. The lowest BCUT2D eigenvalue weighted by molar-refractivity contribution is 0.0696. The molecule has 1 rings (SSSR count). The maximum atomic E-state index is 10.7. The molecule has 0 fully saturated rings. The Kier molecular flexibility index (Phi) is 4.95. The van der Waals surface area contributed by atoms with Crippen molar-refractivity contribution in [2.75, 3.05) is 6.54 Å². The Hall–Kier alpha value is -1.39. The zero-order chi connectivity index (χ0) is 12.0. The molecule has 0 amide bonds. The lowest BCUT2D eigenvalue weighted by Crippen LogP contribution is -2.18. The highest BCUT2D eigenvalue weighted by Gasteiger charge is 2.02. The Morgan fingerprint density at radius 1 is 1.50 bits per heavy atom. The first-order valence-electron chi connectivity index (χ1n) is 5.30. The number of hydrogen-bond acceptors (Lipinski definition) is 3. The second kappa shape index (κ2) is 6.25. The summed E-state index contributed by atoms with van der Waals surface area (Å²) in [6, 6.07) is 6.83. The third-order valence-corrected chi connectivity index (χ3v) is 2.24. The van der Waals surface area contributed by atoms with Crippen LogP contribution in [0.25, 0.3) is 0 Å². The first-order chi connectivity index (χ1) is 7.59. The van der Waals surface area contributed by atoms with Crippen LogP contribution in [-0.2, 0) is 6.54 Å². The number of carbonyl (C=O) groups is 1. The van der Waals surface area contributed by atoms with Gasteiger partial charge in [0, 0.05) is 6.54 Å². The summed E-state index contributed by atoms with van der Waals surface area (Å²) in [5.74, 6) is -0.911. The summed E-state index contributed by atoms with van der Waals surface area (Å²) in [7, 11) is 0. The van der Waals surface area contributed by atoms with Crippen molar-refractivity contribution >= 4 is 5.97 Å². The highest BCUT2D eigenvalue weighted by Crippen LogP contribution is 2.05. The van der Waals surface area contributed by atoms with Gasteiger partial charge in [0.25, 0.3) is 0 Å². The Labute approximate surface area is 94.9 Å². The fraction of sp³-hybridized carbons (Fsp3) is 0.417. The van der Waals surface area contributed by atoms with Gasteiger partial charge < -0.3 is 15.5 Å². The van der Waals surface area contributed by atoms with E-state index in [4.69, 9.17) is 10.2 Å². The number of carboxylic acids is 1. The standard InChI is InChI=1S/C12H17NO3/c1-9(14)5-6-13-8-10-3-2-4-11(7-10)12(15)16/h2-4,7,9,13-14H,5-6,8H2,1H3,(H,15,16). The highest BCUT2D eigenvalue weighted by atomic mass is 16.4. The normalized spacial score (nSPS) is 12.4. The molecule has 0 saturated carbocycles. The monoisotopic (exact) mass is 223 g/mol. The lowest BCUT2D eigenvalue weighted by Gasteiger charge is -2.07. The van der Waals surface area contributed by atoms with Crippen molar-refractivity contribution < 1.29 is 15.0 Å². The number of aliphatic hydroxyl groups is 1. The molecular formula is C12H17NO3. The second-order valence-corrected chi connectivity index (χ2v) is 3.82. The first-order valence-corrected chi connectivity index (χ1v) is 5.30. The van der Waals surface area contributed by atoms with Gasteiger partial charge in [-0.15, -0.1) is 0 Å². The van der Waals surface area contributed by atoms with Crippen molar-refractivity contribution in [1.29, 1.82) is 0 Å². The molecule has 1 aromatic carbocycles. The van der Waals surface area contributed by atoms with Crippen LogP contribution in [0.3, 0.4) is 0 Å². The third-order valence-electron chi connectivity index (χ3n) is 2.24. The third kappa shape index (κ3) is 4.42. The maximum Gasteiger partial charge on any atom is 0.335 e. The fourth-order valence-corrected chi connectivity index (χ4v) is 1.36. The predicted molar refractivity (Wildman–Crippen MR) is 61.4 cm³/mol. The van der Waals surface area contributed by atoms with Crippen LogP contribution in [0.5, 0.6) is 0 Å². The van der Waals surface area contributed by atoms with Gasteiger partial charge in [-0.1, -0.05) is 12.1 Å². The minimum absolute atomic E-state index is 0.301. The largest absolute Gasteiger partial charge is 0.478 e. The van der Waals surface area contributed by atoms with Crippen LogP contribution in [0.15, 0.2) is 24.3 Å². The van der Waals surface area contributed by atoms with Crippen molar-refractivity contribution in [3.63, 3.8) is 0 Å². The minimum atomic E-state index is -0.911. The SMILES string of the molecule is CC(O)CCNCc1cccc(C(=O)O)c1. The van der Waals surface area contributed by atoms with Crippen LogP contribution in [0.2, 0.25) is 0 Å². The molecule has 0 aliphatic carbocycles. The molecule has 1 aromatic rings. The molecule has 0 heterocycles. The maximum absolute atomic E-state index is 10.7. The van der Waals surface area contributed by atoms with Gasteiger partial charge in [-0.05, 0) is 37.6 Å². The van der Waals surface area contributed by atoms with E-state index in [2.05, 4.69) is 5.32 Å². The number of aliphatic hydroxyl groups excluding tert-OH is 1. The summed E-state index contributed by atoms with van der Waals surface area (Å²) in [6.07, 6.45) is 0.386. The van der Waals surface area contributed by atoms with Crippen LogP contribution in [-0.4, -0.2) is 28.8 Å². The van der Waals surface area contributed by atoms with E-state index in [1.54, 1.807) is 25.1 Å². The fourth-order valence-electron chi connectivity index (χ4n) is 1.36. The average Bonchev–Trinajstić information content (AvgIpc) is 2.24. The molecule has 0 bridgehead atoms. The quantitative estimate of drug-likeness (QED) is 0.635. The van der Waals surface area contributed by atoms with E-state index in [1.165, 1.54) is 0 Å². The molecule has 1 unspecified atom stereocenters. The van der Waals surface area contributed by atoms with Gasteiger partial charge >= 0.3 is 5.97 Å². The number of nitrogens with one attached hydrogen (secondary N) is 1. The van der Waals surface area contributed by atoms with E-state index < -0.39 is 5.97 Å². The van der Waals surface area contributed by atoms with E-state index in [1.807, 2.05) is 6.07 Å². The number of hydrogen-bond donors (Lipinski definition) is 3. The predicted octanol–water partition coefficient (Wildman–Crippen LogP) is 1.25. The lowest BCUT2D eigenvalue weighted by atomic mass is 10.1. The number of benzene rings is 1. The number of carboxylic acid groups (broad SMARTS) is 1. The average molecular weight is 223 g/mol. The topological polar surface area (TPSA) is 69.6 Å². The molecule has 0 aromatic heterocycles. The van der Waals surface area contributed by atoms with E-state index in [9.17, 15) is 4.79 Å². The molecule has 0 aliphatic heterocycles. The molecule has 0 radical (unpaired) electrons. The van der Waals surface area contributed by atoms with Gasteiger partial charge in [0.2, 0.25) is 0 Å². The minimum Gasteiger partial charge on any atom is -0.478 e. The van der Waals surface area contributed by atoms with E-state index >= 15 is 0 Å². The summed E-state index contributed by atoms with van der Waals surface area (Å²) in [6.45, 7) is 3.08. The summed E-state index contributed by atoms with van der Waals surface area (Å²) in [5, 5.41) is 21.0. The summed E-state index contributed by atoms with van der Waals surface area (Å²) < 4.78 is 0. The van der Waals surface area contributed by atoms with Gasteiger partial charge in [-0.25, -0.2) is 4.79 Å². The molecule has 4 nitrogen and oxygen atoms in total. The molecule has 3 N–H and O–H groups in total. The van der Waals surface area contributed by atoms with Gasteiger partial charge in [0.05, 0.1) is 11.7 Å². The van der Waals surface area contributed by atoms with Gasteiger partial charge in [-0.3, -0.25) is 0 Å². The summed E-state index contributed by atoms with van der Waals surface area (Å²) >= 11 is 0. The molecule has 0 aliphatic rings. The van der Waals surface area contributed by atoms with Crippen LogP contribution in [0.1, 0.15) is 29.3 Å². The Morgan fingerprint density at radius 2 is 2.25 bits per heavy atom. The number of aromatic carboxylic acids is 1. The Bertz CT molecular complexity index is 350. The van der Waals surface area contributed by atoms with Gasteiger partial charge in [-0.2, -0.15) is 0 Å². The van der Waals surface area contributed by atoms with Crippen molar-refractivity contribution in [1.82, 2.24) is 5.32 Å². The van der Waals surface area contributed by atoms with Crippen molar-refractivity contribution in [2.45, 2.75) is 26.0 Å². The van der Waals surface area contributed by atoms with Gasteiger partial charge in [0.1, 0.15) is 0 Å². The zero-order valence-corrected chi connectivity index (χ0v) is 9.31.